The van der Waals surface area contributed by atoms with Crippen LogP contribution < -0.4 is 5.32 Å². The third-order valence-electron chi connectivity index (χ3n) is 2.74. The van der Waals surface area contributed by atoms with Crippen LogP contribution in [0.1, 0.15) is 6.42 Å². The van der Waals surface area contributed by atoms with Crippen molar-refractivity contribution in [1.29, 1.82) is 0 Å². The van der Waals surface area contributed by atoms with Gasteiger partial charge in [0.1, 0.15) is 6.04 Å². The van der Waals surface area contributed by atoms with Crippen LogP contribution in [0.25, 0.3) is 0 Å². The van der Waals surface area contributed by atoms with Gasteiger partial charge in [-0.05, 0) is 6.42 Å². The Morgan fingerprint density at radius 2 is 2.31 bits per heavy atom. The monoisotopic (exact) mass is 244 g/mol. The summed E-state index contributed by atoms with van der Waals surface area (Å²) < 4.78 is 4.60. The van der Waals surface area contributed by atoms with Crippen molar-refractivity contribution in [3.05, 3.63) is 0 Å². The minimum atomic E-state index is -0.416. The number of thioether (sulfide) groups is 1. The summed E-state index contributed by atoms with van der Waals surface area (Å²) in [6.07, 6.45) is 0.435. The zero-order valence-corrected chi connectivity index (χ0v) is 9.58. The number of methoxy groups -OCH3 is 1. The Morgan fingerprint density at radius 1 is 1.56 bits per heavy atom. The van der Waals surface area contributed by atoms with Gasteiger partial charge in [0.2, 0.25) is 5.91 Å². The molecule has 2 atom stereocenters. The molecule has 1 N–H and O–H groups in total. The van der Waals surface area contributed by atoms with Gasteiger partial charge in [0.25, 0.3) is 5.24 Å². The van der Waals surface area contributed by atoms with Crippen LogP contribution in [-0.2, 0) is 14.3 Å². The maximum atomic E-state index is 11.5. The molecular weight excluding hydrogens is 232 g/mol. The molecule has 0 bridgehead atoms. The van der Waals surface area contributed by atoms with Crippen molar-refractivity contribution in [3.63, 3.8) is 0 Å². The molecule has 2 aliphatic rings. The summed E-state index contributed by atoms with van der Waals surface area (Å²) in [5.74, 6) is -0.320. The fourth-order valence-electron chi connectivity index (χ4n) is 1.95. The van der Waals surface area contributed by atoms with Gasteiger partial charge in [-0.1, -0.05) is 11.8 Å². The zero-order valence-electron chi connectivity index (χ0n) is 8.76. The number of amides is 2. The highest BCUT2D eigenvalue weighted by molar-refractivity contribution is 8.14. The molecule has 0 aliphatic carbocycles. The highest BCUT2D eigenvalue weighted by Crippen LogP contribution is 2.25. The molecule has 2 fully saturated rings. The molecule has 16 heavy (non-hydrogen) atoms. The molecule has 2 saturated heterocycles. The van der Waals surface area contributed by atoms with Gasteiger partial charge in [-0.25, -0.2) is 0 Å². The van der Waals surface area contributed by atoms with E-state index in [4.69, 9.17) is 0 Å². The van der Waals surface area contributed by atoms with Crippen molar-refractivity contribution < 1.29 is 19.1 Å². The first-order chi connectivity index (χ1) is 7.63. The lowest BCUT2D eigenvalue weighted by molar-refractivity contribution is -0.143. The molecule has 2 rings (SSSR count). The van der Waals surface area contributed by atoms with Crippen LogP contribution in [0.4, 0.5) is 4.79 Å². The quantitative estimate of drug-likeness (QED) is 0.665. The van der Waals surface area contributed by atoms with E-state index >= 15 is 0 Å². The molecule has 0 saturated carbocycles. The minimum Gasteiger partial charge on any atom is -0.468 e. The third kappa shape index (κ3) is 1.92. The van der Waals surface area contributed by atoms with Crippen LogP contribution in [0.15, 0.2) is 0 Å². The molecule has 0 aromatic rings. The highest BCUT2D eigenvalue weighted by atomic mass is 32.2. The van der Waals surface area contributed by atoms with Crippen LogP contribution >= 0.6 is 11.8 Å². The molecule has 2 aliphatic heterocycles. The highest BCUT2D eigenvalue weighted by Gasteiger charge is 2.41. The molecule has 0 unspecified atom stereocenters. The SMILES string of the molecule is COC(=O)[C@H]1C[C@@H](N2C(=O)CSC2=O)CN1. The topological polar surface area (TPSA) is 75.7 Å². The van der Waals surface area contributed by atoms with Crippen LogP contribution in [0.3, 0.4) is 0 Å². The van der Waals surface area contributed by atoms with E-state index in [1.807, 2.05) is 0 Å². The van der Waals surface area contributed by atoms with E-state index < -0.39 is 6.04 Å². The lowest BCUT2D eigenvalue weighted by Gasteiger charge is -2.19. The Balaban J connectivity index is 2.00. The molecule has 0 spiro atoms. The molecule has 88 valence electrons. The van der Waals surface area contributed by atoms with Gasteiger partial charge in [0.05, 0.1) is 18.9 Å². The first-order valence-corrected chi connectivity index (χ1v) is 5.92. The fourth-order valence-corrected chi connectivity index (χ4v) is 2.73. The van der Waals surface area contributed by atoms with Crippen LogP contribution in [0.5, 0.6) is 0 Å². The summed E-state index contributed by atoms with van der Waals surface area (Å²) in [5, 5.41) is 2.73. The number of nitrogens with zero attached hydrogens (tertiary/aromatic N) is 1. The predicted molar refractivity (Wildman–Crippen MR) is 56.9 cm³/mol. The normalized spacial score (nSPS) is 29.9. The van der Waals surface area contributed by atoms with Crippen molar-refractivity contribution in [2.24, 2.45) is 0 Å². The first kappa shape index (κ1) is 11.4. The second-order valence-corrected chi connectivity index (χ2v) is 4.62. The van der Waals surface area contributed by atoms with Crippen molar-refractivity contribution in [2.75, 3.05) is 19.4 Å². The maximum Gasteiger partial charge on any atom is 0.322 e. The van der Waals surface area contributed by atoms with E-state index in [2.05, 4.69) is 10.1 Å². The van der Waals surface area contributed by atoms with E-state index in [9.17, 15) is 14.4 Å². The zero-order chi connectivity index (χ0) is 11.7. The third-order valence-corrected chi connectivity index (χ3v) is 3.58. The Hall–Kier alpha value is -1.08. The molecule has 0 aromatic heterocycles. The van der Waals surface area contributed by atoms with Crippen LogP contribution in [-0.4, -0.2) is 53.5 Å². The molecule has 7 heteroatoms. The lowest BCUT2D eigenvalue weighted by atomic mass is 10.1. The summed E-state index contributed by atoms with van der Waals surface area (Å²) in [6.45, 7) is 0.456. The van der Waals surface area contributed by atoms with E-state index in [0.29, 0.717) is 13.0 Å². The number of hydrogen-bond acceptors (Lipinski definition) is 6. The summed E-state index contributed by atoms with van der Waals surface area (Å²) in [7, 11) is 1.32. The average Bonchev–Trinajstić information content (AvgIpc) is 2.85. The fraction of sp³-hybridized carbons (Fsp3) is 0.667. The molecular formula is C9H12N2O4S. The van der Waals surface area contributed by atoms with E-state index in [-0.39, 0.29) is 28.9 Å². The van der Waals surface area contributed by atoms with Crippen molar-refractivity contribution >= 4 is 28.9 Å². The number of hydrogen-bond donors (Lipinski definition) is 1. The van der Waals surface area contributed by atoms with Crippen molar-refractivity contribution in [2.45, 2.75) is 18.5 Å². The van der Waals surface area contributed by atoms with Gasteiger partial charge < -0.3 is 10.1 Å². The van der Waals surface area contributed by atoms with Gasteiger partial charge in [-0.15, -0.1) is 0 Å². The maximum absolute atomic E-state index is 11.5. The second-order valence-electron chi connectivity index (χ2n) is 3.69. The van der Waals surface area contributed by atoms with E-state index in [0.717, 1.165) is 11.8 Å². The second kappa shape index (κ2) is 4.42. The molecule has 2 amide bonds. The lowest BCUT2D eigenvalue weighted by Crippen LogP contribution is -2.40. The molecule has 2 heterocycles. The van der Waals surface area contributed by atoms with Crippen LogP contribution in [0.2, 0.25) is 0 Å². The van der Waals surface area contributed by atoms with E-state index in [1.165, 1.54) is 12.0 Å². The van der Waals surface area contributed by atoms with Crippen LogP contribution in [0, 0.1) is 0 Å². The number of esters is 1. The Labute approximate surface area is 96.7 Å². The minimum absolute atomic E-state index is 0.174. The average molecular weight is 244 g/mol. The number of carbonyl (C=O) groups is 3. The van der Waals surface area contributed by atoms with Gasteiger partial charge in [-0.3, -0.25) is 19.3 Å². The number of nitrogens with one attached hydrogen (secondary N) is 1. The number of rotatable bonds is 2. The Kier molecular flexibility index (Phi) is 3.15. The molecule has 6 nitrogen and oxygen atoms in total. The Morgan fingerprint density at radius 3 is 2.88 bits per heavy atom. The summed E-state index contributed by atoms with van der Waals surface area (Å²) in [6, 6.07) is -0.639. The molecule has 0 radical (unpaired) electrons. The number of carbonyl (C=O) groups excluding carboxylic acids is 3. The largest absolute Gasteiger partial charge is 0.468 e. The predicted octanol–water partition coefficient (Wildman–Crippen LogP) is -0.415. The molecule has 0 aromatic carbocycles. The van der Waals surface area contributed by atoms with Crippen molar-refractivity contribution in [1.82, 2.24) is 10.2 Å². The van der Waals surface area contributed by atoms with Gasteiger partial charge in [0, 0.05) is 6.54 Å². The summed E-state index contributed by atoms with van der Waals surface area (Å²) in [5.41, 5.74) is 0. The van der Waals surface area contributed by atoms with Gasteiger partial charge in [-0.2, -0.15) is 0 Å². The smallest absolute Gasteiger partial charge is 0.322 e. The summed E-state index contributed by atoms with van der Waals surface area (Å²) >= 11 is 1.01. The first-order valence-electron chi connectivity index (χ1n) is 4.93. The standard InChI is InChI=1S/C9H12N2O4S/c1-15-8(13)6-2-5(3-10-6)11-7(12)4-16-9(11)14/h5-6,10H,2-4H2,1H3/t5-,6-/m1/s1. The van der Waals surface area contributed by atoms with Gasteiger partial charge in [0.15, 0.2) is 0 Å². The number of ether oxygens (including phenoxy) is 1. The Bertz CT molecular complexity index is 330. The summed E-state index contributed by atoms with van der Waals surface area (Å²) in [4.78, 5) is 35.4. The van der Waals surface area contributed by atoms with Crippen molar-refractivity contribution in [3.8, 4) is 0 Å². The van der Waals surface area contributed by atoms with Gasteiger partial charge >= 0.3 is 5.97 Å². The number of imide groups is 1. The van der Waals surface area contributed by atoms with E-state index in [1.54, 1.807) is 0 Å².